The van der Waals surface area contributed by atoms with E-state index in [0.29, 0.717) is 0 Å². The molecule has 6 aromatic carbocycles. The molecule has 0 saturated carbocycles. The molecule has 0 atom stereocenters. The lowest BCUT2D eigenvalue weighted by molar-refractivity contribution is 0.899. The Hall–Kier alpha value is -3.63. The molecule has 44 heavy (non-hydrogen) atoms. The first-order chi connectivity index (χ1) is 21.4. The normalized spacial score (nSPS) is 15.3. The maximum Gasteiger partial charge on any atom is 0.0362 e. The zero-order chi connectivity index (χ0) is 29.9. The molecular weight excluding hydrogens is 589 g/mol. The number of fused-ring (bicyclic) bond motifs is 4. The fraction of sp³-hybridized carbons (Fsp3) is 0.122. The molecule has 2 aliphatic heterocycles. The number of hydrogen-bond acceptors (Lipinski definition) is 2. The molecule has 3 heteroatoms. The van der Waals surface area contributed by atoms with E-state index in [-0.39, 0.29) is 11.8 Å². The molecule has 0 nitrogen and oxygen atoms in total. The van der Waals surface area contributed by atoms with Gasteiger partial charge >= 0.3 is 0 Å². The molecule has 0 aliphatic carbocycles. The molecule has 6 aromatic rings. The van der Waals surface area contributed by atoms with Gasteiger partial charge in [0.05, 0.1) is 0 Å². The first kappa shape index (κ1) is 27.9. The Labute approximate surface area is 270 Å². The molecule has 8 rings (SSSR count). The van der Waals surface area contributed by atoms with Gasteiger partial charge in [-0.2, -0.15) is 0 Å². The van der Waals surface area contributed by atoms with Gasteiger partial charge in [0.15, 0.2) is 0 Å². The fourth-order valence-corrected chi connectivity index (χ4v) is 12.0. The van der Waals surface area contributed by atoms with Gasteiger partial charge < -0.3 is 0 Å². The van der Waals surface area contributed by atoms with E-state index in [1.807, 2.05) is 23.5 Å². The number of thiol groups is 1. The minimum atomic E-state index is -2.39. The highest BCUT2D eigenvalue weighted by molar-refractivity contribution is 8.48. The van der Waals surface area contributed by atoms with Crippen LogP contribution >= 0.6 is 32.7 Å². The van der Waals surface area contributed by atoms with Gasteiger partial charge in [-0.05, 0) is 86.2 Å². The summed E-state index contributed by atoms with van der Waals surface area (Å²) in [5, 5.41) is 0. The smallest absolute Gasteiger partial charge is 0.0362 e. The third-order valence-corrected chi connectivity index (χ3v) is 16.2. The minimum absolute atomic E-state index is 0.257. The van der Waals surface area contributed by atoms with Gasteiger partial charge in [-0.1, -0.05) is 145 Å². The summed E-state index contributed by atoms with van der Waals surface area (Å²) in [6, 6.07) is 54.9. The van der Waals surface area contributed by atoms with Crippen LogP contribution in [0.25, 0.3) is 0 Å². The Morgan fingerprint density at radius 1 is 0.364 bits per heavy atom. The van der Waals surface area contributed by atoms with Crippen molar-refractivity contribution in [2.75, 3.05) is 18.8 Å². The van der Waals surface area contributed by atoms with Crippen molar-refractivity contribution in [3.05, 3.63) is 179 Å². The van der Waals surface area contributed by atoms with Gasteiger partial charge in [0.2, 0.25) is 0 Å². The predicted octanol–water partition coefficient (Wildman–Crippen LogP) is 11.4. The Balaban J connectivity index is 1.15. The molecule has 0 amide bonds. The van der Waals surface area contributed by atoms with Crippen molar-refractivity contribution >= 4 is 32.7 Å². The summed E-state index contributed by atoms with van der Waals surface area (Å²) < 4.78 is 0. The van der Waals surface area contributed by atoms with E-state index >= 15 is 0 Å². The highest BCUT2D eigenvalue weighted by Gasteiger charge is 2.33. The van der Waals surface area contributed by atoms with Gasteiger partial charge in [0.1, 0.15) is 0 Å². The molecule has 0 unspecified atom stereocenters. The molecule has 0 aromatic heterocycles. The van der Waals surface area contributed by atoms with Gasteiger partial charge in [0.25, 0.3) is 0 Å². The van der Waals surface area contributed by atoms with Crippen LogP contribution in [-0.2, 0) is 0 Å². The van der Waals surface area contributed by atoms with Crippen LogP contribution in [0.15, 0.2) is 175 Å². The maximum atomic E-state index is 2.50. The lowest BCUT2D eigenvalue weighted by Crippen LogP contribution is -2.16. The molecule has 218 valence electrons. The monoisotopic (exact) mass is 624 g/mol. The molecule has 2 aliphatic rings. The second kappa shape index (κ2) is 10.5. The summed E-state index contributed by atoms with van der Waals surface area (Å²) in [7, 11) is -2.39. The van der Waals surface area contributed by atoms with Crippen LogP contribution < -0.4 is 0 Å². The highest BCUT2D eigenvalue weighted by atomic mass is 32.3. The molecular formula is C41H36S3. The average molecular weight is 625 g/mol. The Morgan fingerprint density at radius 3 is 0.932 bits per heavy atom. The molecule has 0 spiro atoms. The second-order valence-corrected chi connectivity index (χ2v) is 22.0. The summed E-state index contributed by atoms with van der Waals surface area (Å²) in [5.41, 5.74) is 8.36. The van der Waals surface area contributed by atoms with Gasteiger partial charge in [-0.3, -0.25) is 0 Å². The largest absolute Gasteiger partial charge is 0.249 e. The lowest BCUT2D eigenvalue weighted by Gasteiger charge is -2.53. The van der Waals surface area contributed by atoms with E-state index in [9.17, 15) is 0 Å². The predicted molar refractivity (Wildman–Crippen MR) is 192 cm³/mol. The summed E-state index contributed by atoms with van der Waals surface area (Å²) in [6.07, 6.45) is 7.50. The number of benzene rings is 6. The van der Waals surface area contributed by atoms with Crippen LogP contribution in [0.4, 0.5) is 0 Å². The molecule has 0 saturated heterocycles. The molecule has 2 heterocycles. The number of rotatable bonds is 4. The van der Waals surface area contributed by atoms with Crippen LogP contribution in [0.3, 0.4) is 0 Å². The van der Waals surface area contributed by atoms with Crippen molar-refractivity contribution in [1.29, 1.82) is 0 Å². The van der Waals surface area contributed by atoms with Crippen LogP contribution in [0.5, 0.6) is 0 Å². The molecule has 0 N–H and O–H groups in total. The van der Waals surface area contributed by atoms with Crippen LogP contribution in [-0.4, -0.2) is 18.8 Å². The lowest BCUT2D eigenvalue weighted by atomic mass is 9.85. The standard InChI is InChI=1S/C41H36S3/c1-44(2,3,30-24-20-28(21-25-30)40-32-12-4-8-16-36(32)42-37-17-9-5-13-33(37)40)31-26-22-29(23-27-31)41-34-14-6-10-18-38(34)43-39-19-11-7-15-35(39)41/h4-27,40-41,44H,1-3H3. The van der Waals surface area contributed by atoms with Crippen molar-refractivity contribution in [3.8, 4) is 0 Å². The van der Waals surface area contributed by atoms with Crippen molar-refractivity contribution < 1.29 is 0 Å². The quantitative estimate of drug-likeness (QED) is 0.193. The first-order valence-electron chi connectivity index (χ1n) is 15.3. The highest BCUT2D eigenvalue weighted by Crippen LogP contribution is 2.73. The zero-order valence-corrected chi connectivity index (χ0v) is 27.8. The van der Waals surface area contributed by atoms with E-state index in [1.165, 1.54) is 62.8 Å². The Bertz CT molecular complexity index is 1780. The van der Waals surface area contributed by atoms with Crippen molar-refractivity contribution in [3.63, 3.8) is 0 Å². The summed E-state index contributed by atoms with van der Waals surface area (Å²) >= 11 is 3.79. The minimum Gasteiger partial charge on any atom is -0.249 e. The van der Waals surface area contributed by atoms with E-state index in [2.05, 4.69) is 164 Å². The van der Waals surface area contributed by atoms with Crippen molar-refractivity contribution in [2.45, 2.75) is 41.2 Å². The summed E-state index contributed by atoms with van der Waals surface area (Å²) in [6.45, 7) is 0. The maximum absolute atomic E-state index is 2.50. The Morgan fingerprint density at radius 2 is 0.636 bits per heavy atom. The van der Waals surface area contributed by atoms with Crippen LogP contribution in [0.2, 0.25) is 0 Å². The van der Waals surface area contributed by atoms with E-state index in [0.717, 1.165) is 0 Å². The Kier molecular flexibility index (Phi) is 6.64. The third kappa shape index (κ3) is 4.56. The molecule has 0 bridgehead atoms. The third-order valence-electron chi connectivity index (χ3n) is 9.62. The van der Waals surface area contributed by atoms with E-state index in [1.54, 1.807) is 0 Å². The fourth-order valence-electron chi connectivity index (χ4n) is 7.06. The number of hydrogen-bond donors (Lipinski definition) is 1. The average Bonchev–Trinajstić information content (AvgIpc) is 3.06. The molecule has 0 fully saturated rings. The van der Waals surface area contributed by atoms with Gasteiger partial charge in [-0.15, -0.1) is 0 Å². The first-order valence-corrected chi connectivity index (χ1v) is 20.5. The SMILES string of the molecule is C[SH](C)(C)(c1ccc(C2c3ccccc3Sc3ccccc32)cc1)c1ccc(C2c3ccccc3Sc3ccccc32)cc1. The topological polar surface area (TPSA) is 0 Å². The van der Waals surface area contributed by atoms with Gasteiger partial charge in [0, 0.05) is 31.4 Å². The van der Waals surface area contributed by atoms with Crippen molar-refractivity contribution in [2.24, 2.45) is 0 Å². The van der Waals surface area contributed by atoms with Crippen LogP contribution in [0, 0.1) is 0 Å². The van der Waals surface area contributed by atoms with Crippen molar-refractivity contribution in [1.82, 2.24) is 0 Å². The molecule has 0 radical (unpaired) electrons. The van der Waals surface area contributed by atoms with Crippen LogP contribution in [0.1, 0.15) is 45.2 Å². The van der Waals surface area contributed by atoms with E-state index < -0.39 is 9.16 Å². The zero-order valence-electron chi connectivity index (χ0n) is 25.3. The summed E-state index contributed by atoms with van der Waals surface area (Å²) in [4.78, 5) is 8.35. The van der Waals surface area contributed by atoms with Gasteiger partial charge in [-0.25, -0.2) is 9.16 Å². The van der Waals surface area contributed by atoms with E-state index in [4.69, 9.17) is 0 Å². The second-order valence-electron chi connectivity index (χ2n) is 13.2. The summed E-state index contributed by atoms with van der Waals surface area (Å²) in [5.74, 6) is 0.515.